The van der Waals surface area contributed by atoms with Crippen molar-refractivity contribution in [1.82, 2.24) is 15.1 Å². The molecule has 1 aliphatic rings. The first-order valence-electron chi connectivity index (χ1n) is 6.93. The van der Waals surface area contributed by atoms with Crippen molar-refractivity contribution < 1.29 is 0 Å². The summed E-state index contributed by atoms with van der Waals surface area (Å²) in [7, 11) is 2.01. The number of aryl methyl sites for hydroxylation is 1. The Morgan fingerprint density at radius 3 is 2.76 bits per heavy atom. The molecule has 0 aromatic carbocycles. The smallest absolute Gasteiger partial charge is 0.0492 e. The number of nitrogens with zero attached hydrogens (tertiary/aromatic N) is 2. The van der Waals surface area contributed by atoms with Crippen molar-refractivity contribution in [2.75, 3.05) is 13.1 Å². The van der Waals surface area contributed by atoms with Crippen molar-refractivity contribution in [2.24, 2.45) is 12.5 Å². The first kappa shape index (κ1) is 12.6. The summed E-state index contributed by atoms with van der Waals surface area (Å²) in [6.45, 7) is 4.61. The normalized spacial score (nSPS) is 18.7. The molecule has 1 aliphatic carbocycles. The van der Waals surface area contributed by atoms with Gasteiger partial charge in [-0.2, -0.15) is 5.10 Å². The Morgan fingerprint density at radius 2 is 2.18 bits per heavy atom. The molecule has 0 saturated heterocycles. The van der Waals surface area contributed by atoms with Gasteiger partial charge in [0.1, 0.15) is 0 Å². The van der Waals surface area contributed by atoms with Crippen LogP contribution in [0, 0.1) is 5.41 Å². The zero-order valence-corrected chi connectivity index (χ0v) is 11.2. The molecule has 3 heteroatoms. The Morgan fingerprint density at radius 1 is 1.41 bits per heavy atom. The maximum absolute atomic E-state index is 4.19. The molecule has 2 rings (SSSR count). The molecule has 1 aromatic rings. The lowest BCUT2D eigenvalue weighted by atomic mass is 9.83. The summed E-state index contributed by atoms with van der Waals surface area (Å²) in [6.07, 6.45) is 9.97. The number of hydrogen-bond donors (Lipinski definition) is 1. The third-order valence-electron chi connectivity index (χ3n) is 4.39. The third kappa shape index (κ3) is 3.09. The second-order valence-corrected chi connectivity index (χ2v) is 5.43. The van der Waals surface area contributed by atoms with Gasteiger partial charge < -0.3 is 5.32 Å². The van der Waals surface area contributed by atoms with Crippen LogP contribution in [0.5, 0.6) is 0 Å². The molecule has 0 bridgehead atoms. The molecular weight excluding hydrogens is 210 g/mol. The molecule has 0 atom stereocenters. The standard InChI is InChI=1S/C14H25N3/c1-3-14(8-4-5-9-14)12-15-10-6-13-7-11-16-17(13)2/h7,11,15H,3-6,8-10,12H2,1-2H3. The summed E-state index contributed by atoms with van der Waals surface area (Å²) >= 11 is 0. The molecular formula is C14H25N3. The van der Waals surface area contributed by atoms with Crippen LogP contribution < -0.4 is 5.32 Å². The Hall–Kier alpha value is -0.830. The van der Waals surface area contributed by atoms with Gasteiger partial charge in [0.05, 0.1) is 0 Å². The largest absolute Gasteiger partial charge is 0.316 e. The lowest BCUT2D eigenvalue weighted by molar-refractivity contribution is 0.269. The van der Waals surface area contributed by atoms with E-state index in [9.17, 15) is 0 Å². The zero-order chi connectivity index (χ0) is 12.1. The maximum atomic E-state index is 4.19. The zero-order valence-electron chi connectivity index (χ0n) is 11.2. The van der Waals surface area contributed by atoms with E-state index in [1.165, 1.54) is 44.3 Å². The van der Waals surface area contributed by atoms with Gasteiger partial charge in [-0.05, 0) is 30.7 Å². The molecule has 1 fully saturated rings. The van der Waals surface area contributed by atoms with Crippen LogP contribution in [-0.4, -0.2) is 22.9 Å². The first-order chi connectivity index (χ1) is 8.26. The van der Waals surface area contributed by atoms with Crippen LogP contribution in [0.25, 0.3) is 0 Å². The van der Waals surface area contributed by atoms with Crippen molar-refractivity contribution in [3.63, 3.8) is 0 Å². The molecule has 17 heavy (non-hydrogen) atoms. The van der Waals surface area contributed by atoms with E-state index in [2.05, 4.69) is 23.4 Å². The van der Waals surface area contributed by atoms with E-state index in [1.807, 2.05) is 17.9 Å². The Bertz CT molecular complexity index is 337. The highest BCUT2D eigenvalue weighted by atomic mass is 15.3. The molecule has 1 heterocycles. The summed E-state index contributed by atoms with van der Waals surface area (Å²) in [4.78, 5) is 0. The summed E-state index contributed by atoms with van der Waals surface area (Å²) < 4.78 is 1.97. The summed E-state index contributed by atoms with van der Waals surface area (Å²) in [5.41, 5.74) is 1.92. The number of hydrogen-bond acceptors (Lipinski definition) is 2. The van der Waals surface area contributed by atoms with Gasteiger partial charge in [0.2, 0.25) is 0 Å². The fraction of sp³-hybridized carbons (Fsp3) is 0.786. The molecule has 0 aliphatic heterocycles. The average Bonchev–Trinajstić information content (AvgIpc) is 2.95. The van der Waals surface area contributed by atoms with Gasteiger partial charge in [-0.15, -0.1) is 0 Å². The molecule has 1 aromatic heterocycles. The van der Waals surface area contributed by atoms with Gasteiger partial charge in [0.25, 0.3) is 0 Å². The van der Waals surface area contributed by atoms with Crippen molar-refractivity contribution in [2.45, 2.75) is 45.4 Å². The molecule has 0 amide bonds. The third-order valence-corrected chi connectivity index (χ3v) is 4.39. The van der Waals surface area contributed by atoms with Gasteiger partial charge in [0.15, 0.2) is 0 Å². The lowest BCUT2D eigenvalue weighted by Crippen LogP contribution is -2.32. The minimum atomic E-state index is 0.604. The highest BCUT2D eigenvalue weighted by Crippen LogP contribution is 2.40. The first-order valence-corrected chi connectivity index (χ1v) is 6.93. The van der Waals surface area contributed by atoms with Crippen molar-refractivity contribution >= 4 is 0 Å². The fourth-order valence-electron chi connectivity index (χ4n) is 3.00. The Labute approximate surface area is 105 Å². The molecule has 1 saturated carbocycles. The second kappa shape index (κ2) is 5.67. The van der Waals surface area contributed by atoms with Gasteiger partial charge in [-0.25, -0.2) is 0 Å². The van der Waals surface area contributed by atoms with E-state index in [1.54, 1.807) is 0 Å². The minimum absolute atomic E-state index is 0.604. The van der Waals surface area contributed by atoms with Crippen LogP contribution in [0.3, 0.4) is 0 Å². The lowest BCUT2D eigenvalue weighted by Gasteiger charge is -2.27. The summed E-state index contributed by atoms with van der Waals surface area (Å²) in [5.74, 6) is 0. The van der Waals surface area contributed by atoms with Crippen molar-refractivity contribution in [1.29, 1.82) is 0 Å². The highest BCUT2D eigenvalue weighted by molar-refractivity contribution is 5.00. The van der Waals surface area contributed by atoms with E-state index in [4.69, 9.17) is 0 Å². The summed E-state index contributed by atoms with van der Waals surface area (Å²) in [5, 5.41) is 7.83. The predicted octanol–water partition coefficient (Wildman–Crippen LogP) is 2.52. The number of nitrogens with one attached hydrogen (secondary N) is 1. The van der Waals surface area contributed by atoms with E-state index in [-0.39, 0.29) is 0 Å². The monoisotopic (exact) mass is 235 g/mol. The van der Waals surface area contributed by atoms with Crippen LogP contribution in [0.1, 0.15) is 44.7 Å². The quantitative estimate of drug-likeness (QED) is 0.768. The number of aromatic nitrogens is 2. The average molecular weight is 235 g/mol. The minimum Gasteiger partial charge on any atom is -0.316 e. The van der Waals surface area contributed by atoms with Gasteiger partial charge >= 0.3 is 0 Å². The van der Waals surface area contributed by atoms with Crippen LogP contribution >= 0.6 is 0 Å². The van der Waals surface area contributed by atoms with Crippen molar-refractivity contribution in [3.8, 4) is 0 Å². The topological polar surface area (TPSA) is 29.9 Å². The SMILES string of the molecule is CCC1(CNCCc2ccnn2C)CCCC1. The highest BCUT2D eigenvalue weighted by Gasteiger charge is 2.31. The summed E-state index contributed by atoms with van der Waals surface area (Å²) in [6, 6.07) is 2.10. The Kier molecular flexibility index (Phi) is 4.21. The fourth-order valence-corrected chi connectivity index (χ4v) is 3.00. The molecule has 0 unspecified atom stereocenters. The van der Waals surface area contributed by atoms with E-state index >= 15 is 0 Å². The predicted molar refractivity (Wildman–Crippen MR) is 71.0 cm³/mol. The maximum Gasteiger partial charge on any atom is 0.0492 e. The molecule has 0 spiro atoms. The van der Waals surface area contributed by atoms with Gasteiger partial charge in [-0.1, -0.05) is 19.8 Å². The number of rotatable bonds is 6. The van der Waals surface area contributed by atoms with Crippen LogP contribution in [0.2, 0.25) is 0 Å². The molecule has 0 radical (unpaired) electrons. The molecule has 3 nitrogen and oxygen atoms in total. The van der Waals surface area contributed by atoms with Crippen LogP contribution in [-0.2, 0) is 13.5 Å². The van der Waals surface area contributed by atoms with Gasteiger partial charge in [0, 0.05) is 38.4 Å². The van der Waals surface area contributed by atoms with E-state index in [0.717, 1.165) is 13.0 Å². The van der Waals surface area contributed by atoms with Gasteiger partial charge in [-0.3, -0.25) is 4.68 Å². The van der Waals surface area contributed by atoms with Crippen molar-refractivity contribution in [3.05, 3.63) is 18.0 Å². The second-order valence-electron chi connectivity index (χ2n) is 5.43. The molecule has 1 N–H and O–H groups in total. The Balaban J connectivity index is 1.71. The van der Waals surface area contributed by atoms with Crippen LogP contribution in [0.15, 0.2) is 12.3 Å². The van der Waals surface area contributed by atoms with E-state index < -0.39 is 0 Å². The molecule has 96 valence electrons. The van der Waals surface area contributed by atoms with Crippen LogP contribution in [0.4, 0.5) is 0 Å². The van der Waals surface area contributed by atoms with E-state index in [0.29, 0.717) is 5.41 Å².